The standard InChI is InChI=1S/C15H18N4O2/c1-11-8-13(18-21-11)9-15(20)19-7-6-17-10-14(19)12-2-4-16-5-3-12/h2-5,8,14,17H,6-7,9-10H2,1H3. The fourth-order valence-corrected chi connectivity index (χ4v) is 2.64. The van der Waals surface area contributed by atoms with Gasteiger partial charge in [-0.05, 0) is 24.6 Å². The first-order valence-electron chi connectivity index (χ1n) is 7.06. The molecule has 0 saturated carbocycles. The summed E-state index contributed by atoms with van der Waals surface area (Å²) >= 11 is 0. The highest BCUT2D eigenvalue weighted by Crippen LogP contribution is 2.22. The quantitative estimate of drug-likeness (QED) is 0.914. The van der Waals surface area contributed by atoms with E-state index in [2.05, 4.69) is 15.5 Å². The van der Waals surface area contributed by atoms with Crippen LogP contribution in [0.3, 0.4) is 0 Å². The number of carbonyl (C=O) groups excluding carboxylic acids is 1. The number of pyridine rings is 1. The van der Waals surface area contributed by atoms with E-state index in [1.54, 1.807) is 12.4 Å². The monoisotopic (exact) mass is 286 g/mol. The highest BCUT2D eigenvalue weighted by molar-refractivity contribution is 5.79. The van der Waals surface area contributed by atoms with Gasteiger partial charge < -0.3 is 14.7 Å². The van der Waals surface area contributed by atoms with Crippen LogP contribution in [-0.2, 0) is 11.2 Å². The molecule has 1 atom stereocenters. The van der Waals surface area contributed by atoms with Crippen molar-refractivity contribution in [3.8, 4) is 0 Å². The third kappa shape index (κ3) is 3.11. The van der Waals surface area contributed by atoms with Crippen LogP contribution in [0, 0.1) is 6.92 Å². The summed E-state index contributed by atoms with van der Waals surface area (Å²) in [7, 11) is 0. The molecule has 3 rings (SSSR count). The average Bonchev–Trinajstić information content (AvgIpc) is 2.93. The molecule has 1 saturated heterocycles. The van der Waals surface area contributed by atoms with Gasteiger partial charge in [0.15, 0.2) is 0 Å². The summed E-state index contributed by atoms with van der Waals surface area (Å²) in [5.74, 6) is 0.801. The minimum atomic E-state index is 0.0437. The van der Waals surface area contributed by atoms with Gasteiger partial charge in [0.2, 0.25) is 5.91 Å². The van der Waals surface area contributed by atoms with E-state index in [0.717, 1.165) is 24.4 Å². The van der Waals surface area contributed by atoms with Crippen LogP contribution in [0.15, 0.2) is 35.1 Å². The van der Waals surface area contributed by atoms with Gasteiger partial charge >= 0.3 is 0 Å². The molecule has 1 amide bonds. The van der Waals surface area contributed by atoms with Gasteiger partial charge in [-0.25, -0.2) is 0 Å². The first-order valence-corrected chi connectivity index (χ1v) is 7.06. The molecule has 6 heteroatoms. The third-order valence-corrected chi connectivity index (χ3v) is 3.66. The minimum Gasteiger partial charge on any atom is -0.361 e. The van der Waals surface area contributed by atoms with Gasteiger partial charge in [-0.2, -0.15) is 0 Å². The number of piperazine rings is 1. The SMILES string of the molecule is Cc1cc(CC(=O)N2CCNCC2c2ccncc2)no1. The van der Waals surface area contributed by atoms with Crippen LogP contribution in [0.4, 0.5) is 0 Å². The number of nitrogens with one attached hydrogen (secondary N) is 1. The van der Waals surface area contributed by atoms with Crippen LogP contribution in [0.25, 0.3) is 0 Å². The van der Waals surface area contributed by atoms with Crippen LogP contribution in [-0.4, -0.2) is 40.6 Å². The Labute approximate surface area is 123 Å². The molecule has 1 fully saturated rings. The topological polar surface area (TPSA) is 71.3 Å². The maximum atomic E-state index is 12.6. The van der Waals surface area contributed by atoms with Crippen molar-refractivity contribution in [3.63, 3.8) is 0 Å². The molecule has 1 N–H and O–H groups in total. The van der Waals surface area contributed by atoms with E-state index >= 15 is 0 Å². The summed E-state index contributed by atoms with van der Waals surface area (Å²) in [5, 5.41) is 7.24. The number of nitrogens with zero attached hydrogens (tertiary/aromatic N) is 3. The second-order valence-corrected chi connectivity index (χ2v) is 5.19. The van der Waals surface area contributed by atoms with Gasteiger partial charge in [0.25, 0.3) is 0 Å². The predicted molar refractivity (Wildman–Crippen MR) is 76.5 cm³/mol. The molecule has 1 aliphatic rings. The third-order valence-electron chi connectivity index (χ3n) is 3.66. The maximum Gasteiger partial charge on any atom is 0.229 e. The predicted octanol–water partition coefficient (Wildman–Crippen LogP) is 1.09. The Kier molecular flexibility index (Phi) is 3.96. The summed E-state index contributed by atoms with van der Waals surface area (Å²) in [4.78, 5) is 18.5. The molecule has 0 aliphatic carbocycles. The summed E-state index contributed by atoms with van der Waals surface area (Å²) in [6, 6.07) is 5.76. The second-order valence-electron chi connectivity index (χ2n) is 5.19. The molecular weight excluding hydrogens is 268 g/mol. The van der Waals surface area contributed by atoms with Crippen molar-refractivity contribution < 1.29 is 9.32 Å². The van der Waals surface area contributed by atoms with Crippen molar-refractivity contribution >= 4 is 5.91 Å². The Balaban J connectivity index is 1.76. The number of carbonyl (C=O) groups is 1. The van der Waals surface area contributed by atoms with Crippen LogP contribution < -0.4 is 5.32 Å². The number of hydrogen-bond acceptors (Lipinski definition) is 5. The van der Waals surface area contributed by atoms with E-state index in [1.807, 2.05) is 30.0 Å². The van der Waals surface area contributed by atoms with Gasteiger partial charge in [0.05, 0.1) is 18.2 Å². The van der Waals surface area contributed by atoms with Crippen molar-refractivity contribution in [3.05, 3.63) is 47.6 Å². The zero-order valence-electron chi connectivity index (χ0n) is 12.0. The largest absolute Gasteiger partial charge is 0.361 e. The lowest BCUT2D eigenvalue weighted by atomic mass is 10.0. The number of rotatable bonds is 3. The number of aryl methyl sites for hydroxylation is 1. The maximum absolute atomic E-state index is 12.6. The van der Waals surface area contributed by atoms with Gasteiger partial charge in [0.1, 0.15) is 5.76 Å². The molecule has 0 aromatic carbocycles. The molecule has 6 nitrogen and oxygen atoms in total. The highest BCUT2D eigenvalue weighted by atomic mass is 16.5. The minimum absolute atomic E-state index is 0.0437. The lowest BCUT2D eigenvalue weighted by Crippen LogP contribution is -2.49. The normalized spacial score (nSPS) is 18.7. The summed E-state index contributed by atoms with van der Waals surface area (Å²) in [6.45, 7) is 4.09. The van der Waals surface area contributed by atoms with E-state index in [9.17, 15) is 4.79 Å². The molecule has 110 valence electrons. The van der Waals surface area contributed by atoms with E-state index in [0.29, 0.717) is 12.2 Å². The van der Waals surface area contributed by atoms with E-state index in [4.69, 9.17) is 4.52 Å². The van der Waals surface area contributed by atoms with Crippen LogP contribution in [0.5, 0.6) is 0 Å². The molecule has 1 unspecified atom stereocenters. The van der Waals surface area contributed by atoms with Crippen LogP contribution in [0.1, 0.15) is 23.1 Å². The zero-order valence-corrected chi connectivity index (χ0v) is 12.0. The Bertz CT molecular complexity index is 611. The highest BCUT2D eigenvalue weighted by Gasteiger charge is 2.28. The second kappa shape index (κ2) is 6.05. The molecule has 3 heterocycles. The van der Waals surface area contributed by atoms with Gasteiger partial charge in [-0.3, -0.25) is 9.78 Å². The molecule has 2 aromatic rings. The molecule has 1 aliphatic heterocycles. The Hall–Kier alpha value is -2.21. The summed E-state index contributed by atoms with van der Waals surface area (Å²) in [5.41, 5.74) is 1.78. The zero-order chi connectivity index (χ0) is 14.7. The molecule has 21 heavy (non-hydrogen) atoms. The smallest absolute Gasteiger partial charge is 0.229 e. The van der Waals surface area contributed by atoms with Crippen molar-refractivity contribution in [2.45, 2.75) is 19.4 Å². The Morgan fingerprint density at radius 1 is 1.48 bits per heavy atom. The fraction of sp³-hybridized carbons (Fsp3) is 0.400. The van der Waals surface area contributed by atoms with Crippen molar-refractivity contribution in [2.24, 2.45) is 0 Å². The Morgan fingerprint density at radius 2 is 2.29 bits per heavy atom. The fourth-order valence-electron chi connectivity index (χ4n) is 2.64. The number of hydrogen-bond donors (Lipinski definition) is 1. The summed E-state index contributed by atoms with van der Waals surface area (Å²) in [6.07, 6.45) is 3.79. The van der Waals surface area contributed by atoms with Gasteiger partial charge in [-0.1, -0.05) is 5.16 Å². The lowest BCUT2D eigenvalue weighted by Gasteiger charge is -2.36. The molecule has 0 bridgehead atoms. The van der Waals surface area contributed by atoms with E-state index in [-0.39, 0.29) is 18.4 Å². The van der Waals surface area contributed by atoms with Crippen molar-refractivity contribution in [2.75, 3.05) is 19.6 Å². The molecular formula is C15H18N4O2. The van der Waals surface area contributed by atoms with E-state index in [1.165, 1.54) is 0 Å². The lowest BCUT2D eigenvalue weighted by molar-refractivity contribution is -0.133. The van der Waals surface area contributed by atoms with Gasteiger partial charge in [0, 0.05) is 38.1 Å². The average molecular weight is 286 g/mol. The van der Waals surface area contributed by atoms with Crippen molar-refractivity contribution in [1.82, 2.24) is 20.4 Å². The first kappa shape index (κ1) is 13.8. The van der Waals surface area contributed by atoms with Crippen molar-refractivity contribution in [1.29, 1.82) is 0 Å². The molecule has 0 spiro atoms. The number of aromatic nitrogens is 2. The van der Waals surface area contributed by atoms with Crippen LogP contribution in [0.2, 0.25) is 0 Å². The first-order chi connectivity index (χ1) is 10.2. The molecule has 2 aromatic heterocycles. The number of amides is 1. The van der Waals surface area contributed by atoms with E-state index < -0.39 is 0 Å². The Morgan fingerprint density at radius 3 is 3.00 bits per heavy atom. The molecule has 0 radical (unpaired) electrons. The summed E-state index contributed by atoms with van der Waals surface area (Å²) < 4.78 is 5.02. The van der Waals surface area contributed by atoms with Gasteiger partial charge in [-0.15, -0.1) is 0 Å². The van der Waals surface area contributed by atoms with Crippen LogP contribution >= 0.6 is 0 Å².